The van der Waals surface area contributed by atoms with Crippen LogP contribution in [0, 0.1) is 0 Å². The van der Waals surface area contributed by atoms with Crippen LogP contribution in [0.5, 0.6) is 0 Å². The van der Waals surface area contributed by atoms with E-state index < -0.39 is 0 Å². The summed E-state index contributed by atoms with van der Waals surface area (Å²) in [4.78, 5) is 9.09. The van der Waals surface area contributed by atoms with Crippen LogP contribution in [-0.2, 0) is 0 Å². The first-order chi connectivity index (χ1) is 10.8. The van der Waals surface area contributed by atoms with Gasteiger partial charge in [0.2, 0.25) is 5.95 Å². The van der Waals surface area contributed by atoms with Gasteiger partial charge >= 0.3 is 0 Å². The zero-order chi connectivity index (χ0) is 14.9. The molecule has 1 aromatic carbocycles. The Hall–Kier alpha value is -2.63. The number of hydrogen-bond donors (Lipinski definition) is 3. The number of aromatic amines is 1. The molecular formula is C16H18N6. The Morgan fingerprint density at radius 2 is 2.09 bits per heavy atom. The van der Waals surface area contributed by atoms with Crippen LogP contribution in [-0.4, -0.2) is 26.7 Å². The Labute approximate surface area is 128 Å². The molecule has 0 radical (unpaired) electrons. The van der Waals surface area contributed by atoms with Gasteiger partial charge in [-0.05, 0) is 31.9 Å². The van der Waals surface area contributed by atoms with Crippen LogP contribution in [0.25, 0.3) is 10.9 Å². The lowest BCUT2D eigenvalue weighted by molar-refractivity contribution is 0.966. The first-order valence-electron chi connectivity index (χ1n) is 7.66. The zero-order valence-electron chi connectivity index (χ0n) is 12.4. The average molecular weight is 294 g/mol. The molecule has 1 aliphatic carbocycles. The van der Waals surface area contributed by atoms with Gasteiger partial charge < -0.3 is 10.6 Å². The molecular weight excluding hydrogens is 276 g/mol. The molecule has 0 aliphatic heterocycles. The van der Waals surface area contributed by atoms with Gasteiger partial charge in [0.25, 0.3) is 0 Å². The number of rotatable bonds is 5. The highest BCUT2D eigenvalue weighted by Crippen LogP contribution is 2.39. The van der Waals surface area contributed by atoms with Gasteiger partial charge in [0.05, 0.1) is 5.52 Å². The van der Waals surface area contributed by atoms with Crippen molar-refractivity contribution in [1.29, 1.82) is 0 Å². The highest BCUT2D eigenvalue weighted by molar-refractivity contribution is 5.91. The first kappa shape index (κ1) is 13.1. The molecule has 2 heterocycles. The molecule has 0 unspecified atom stereocenters. The average Bonchev–Trinajstić information content (AvgIpc) is 3.28. The fourth-order valence-corrected chi connectivity index (χ4v) is 2.53. The number of nitrogens with zero attached hydrogens (tertiary/aromatic N) is 3. The van der Waals surface area contributed by atoms with Gasteiger partial charge in [-0.25, -0.2) is 4.98 Å². The lowest BCUT2D eigenvalue weighted by Crippen LogP contribution is -2.05. The van der Waals surface area contributed by atoms with Crippen LogP contribution in [0.3, 0.4) is 0 Å². The molecule has 0 amide bonds. The maximum atomic E-state index is 4.57. The Kier molecular flexibility index (Phi) is 3.14. The second-order valence-corrected chi connectivity index (χ2v) is 5.55. The number of fused-ring (bicyclic) bond motifs is 1. The smallest absolute Gasteiger partial charge is 0.225 e. The third-order valence-electron chi connectivity index (χ3n) is 3.80. The minimum Gasteiger partial charge on any atom is -0.354 e. The summed E-state index contributed by atoms with van der Waals surface area (Å²) in [5.41, 5.74) is 2.11. The summed E-state index contributed by atoms with van der Waals surface area (Å²) in [5, 5.41) is 14.9. The molecule has 3 N–H and O–H groups in total. The Bertz CT molecular complexity index is 805. The van der Waals surface area contributed by atoms with Crippen molar-refractivity contribution in [2.24, 2.45) is 0 Å². The van der Waals surface area contributed by atoms with Crippen molar-refractivity contribution in [3.63, 3.8) is 0 Å². The second kappa shape index (κ2) is 5.29. The van der Waals surface area contributed by atoms with E-state index in [-0.39, 0.29) is 0 Å². The molecule has 0 spiro atoms. The monoisotopic (exact) mass is 294 g/mol. The van der Waals surface area contributed by atoms with E-state index in [2.05, 4.69) is 36.9 Å². The quantitative estimate of drug-likeness (QED) is 0.672. The predicted molar refractivity (Wildman–Crippen MR) is 87.5 cm³/mol. The lowest BCUT2D eigenvalue weighted by Gasteiger charge is -2.09. The summed E-state index contributed by atoms with van der Waals surface area (Å²) in [7, 11) is 0. The summed E-state index contributed by atoms with van der Waals surface area (Å²) in [6.45, 7) is 2.81. The highest BCUT2D eigenvalue weighted by atomic mass is 15.2. The summed E-state index contributed by atoms with van der Waals surface area (Å²) in [6.07, 6.45) is 2.51. The predicted octanol–water partition coefficient (Wildman–Crippen LogP) is 3.41. The van der Waals surface area contributed by atoms with Crippen molar-refractivity contribution < 1.29 is 0 Å². The summed E-state index contributed by atoms with van der Waals surface area (Å²) in [5.74, 6) is 2.85. The van der Waals surface area contributed by atoms with Gasteiger partial charge in [0, 0.05) is 29.6 Å². The molecule has 22 heavy (non-hydrogen) atoms. The van der Waals surface area contributed by atoms with Crippen molar-refractivity contribution in [2.75, 3.05) is 17.2 Å². The number of para-hydroxylation sites is 1. The van der Waals surface area contributed by atoms with Crippen LogP contribution in [0.15, 0.2) is 30.3 Å². The zero-order valence-corrected chi connectivity index (χ0v) is 12.4. The first-order valence-corrected chi connectivity index (χ1v) is 7.66. The Balaban J connectivity index is 1.71. The lowest BCUT2D eigenvalue weighted by atomic mass is 10.2. The molecule has 4 rings (SSSR count). The molecule has 1 aliphatic rings. The van der Waals surface area contributed by atoms with Crippen LogP contribution in [0.2, 0.25) is 0 Å². The second-order valence-electron chi connectivity index (χ2n) is 5.55. The molecule has 0 atom stereocenters. The van der Waals surface area contributed by atoms with Crippen molar-refractivity contribution in [3.05, 3.63) is 36.0 Å². The van der Waals surface area contributed by atoms with Gasteiger partial charge in [-0.3, -0.25) is 5.10 Å². The van der Waals surface area contributed by atoms with Crippen molar-refractivity contribution in [1.82, 2.24) is 20.2 Å². The third-order valence-corrected chi connectivity index (χ3v) is 3.80. The molecule has 6 heteroatoms. The number of H-pyrrole nitrogens is 1. The van der Waals surface area contributed by atoms with Gasteiger partial charge in [-0.2, -0.15) is 10.1 Å². The summed E-state index contributed by atoms with van der Waals surface area (Å²) < 4.78 is 0. The Morgan fingerprint density at radius 1 is 1.23 bits per heavy atom. The van der Waals surface area contributed by atoms with Crippen molar-refractivity contribution in [3.8, 4) is 0 Å². The molecule has 0 saturated heterocycles. The van der Waals surface area contributed by atoms with Gasteiger partial charge in [-0.15, -0.1) is 0 Å². The maximum Gasteiger partial charge on any atom is 0.225 e. The number of benzene rings is 1. The topological polar surface area (TPSA) is 78.5 Å². The molecule has 1 saturated carbocycles. The van der Waals surface area contributed by atoms with E-state index in [0.29, 0.717) is 11.9 Å². The van der Waals surface area contributed by atoms with E-state index in [0.717, 1.165) is 29.1 Å². The van der Waals surface area contributed by atoms with E-state index in [1.807, 2.05) is 31.2 Å². The molecule has 2 aromatic heterocycles. The van der Waals surface area contributed by atoms with E-state index in [1.165, 1.54) is 18.5 Å². The fourth-order valence-electron chi connectivity index (χ4n) is 2.53. The number of anilines is 3. The largest absolute Gasteiger partial charge is 0.354 e. The van der Waals surface area contributed by atoms with Gasteiger partial charge in [0.1, 0.15) is 5.82 Å². The van der Waals surface area contributed by atoms with E-state index in [1.54, 1.807) is 0 Å². The highest BCUT2D eigenvalue weighted by Gasteiger charge is 2.25. The van der Waals surface area contributed by atoms with E-state index in [9.17, 15) is 0 Å². The normalized spacial score (nSPS) is 14.2. The number of hydrogen-bond acceptors (Lipinski definition) is 5. The Morgan fingerprint density at radius 3 is 2.91 bits per heavy atom. The van der Waals surface area contributed by atoms with E-state index >= 15 is 0 Å². The maximum absolute atomic E-state index is 4.57. The fraction of sp³-hybridized carbons (Fsp3) is 0.312. The third kappa shape index (κ3) is 2.47. The van der Waals surface area contributed by atoms with Crippen LogP contribution in [0.4, 0.5) is 17.6 Å². The van der Waals surface area contributed by atoms with Crippen LogP contribution in [0.1, 0.15) is 31.4 Å². The summed E-state index contributed by atoms with van der Waals surface area (Å²) >= 11 is 0. The standard InChI is InChI=1S/C16H18N6/c1-2-17-16-18-12-6-4-3-5-11(12)15(20-16)19-14-9-13(21-22-14)10-7-8-10/h3-6,9-10H,2,7-8H2,1H3,(H3,17,18,19,20,21,22). The molecule has 3 aromatic rings. The van der Waals surface area contributed by atoms with Crippen molar-refractivity contribution >= 4 is 28.5 Å². The van der Waals surface area contributed by atoms with Crippen LogP contribution >= 0.6 is 0 Å². The minimum atomic E-state index is 0.627. The number of aromatic nitrogens is 4. The van der Waals surface area contributed by atoms with Crippen LogP contribution < -0.4 is 10.6 Å². The van der Waals surface area contributed by atoms with Gasteiger partial charge in [-0.1, -0.05) is 12.1 Å². The molecule has 0 bridgehead atoms. The SMILES string of the molecule is CCNc1nc(Nc2cc(C3CC3)[nH]n2)c2ccccc2n1. The van der Waals surface area contributed by atoms with E-state index in [4.69, 9.17) is 0 Å². The van der Waals surface area contributed by atoms with Crippen molar-refractivity contribution in [2.45, 2.75) is 25.7 Å². The molecule has 1 fully saturated rings. The molecule has 6 nitrogen and oxygen atoms in total. The minimum absolute atomic E-state index is 0.627. The molecule has 112 valence electrons. The number of nitrogens with one attached hydrogen (secondary N) is 3. The summed E-state index contributed by atoms with van der Waals surface area (Å²) in [6, 6.07) is 10.0. The van der Waals surface area contributed by atoms with Gasteiger partial charge in [0.15, 0.2) is 5.82 Å².